The zero-order chi connectivity index (χ0) is 15.5. The quantitative estimate of drug-likeness (QED) is 0.888. The average Bonchev–Trinajstić information content (AvgIpc) is 3.01. The first-order valence-corrected chi connectivity index (χ1v) is 9.00. The molecule has 1 heterocycles. The van der Waals surface area contributed by atoms with Gasteiger partial charge in [-0.05, 0) is 42.5 Å². The van der Waals surface area contributed by atoms with Crippen molar-refractivity contribution in [1.82, 2.24) is 4.31 Å². The highest BCUT2D eigenvalue weighted by Crippen LogP contribution is 2.28. The van der Waals surface area contributed by atoms with Crippen molar-refractivity contribution >= 4 is 21.4 Å². The van der Waals surface area contributed by atoms with Crippen LogP contribution in [0.25, 0.3) is 0 Å². The maximum atomic E-state index is 12.6. The van der Waals surface area contributed by atoms with Crippen molar-refractivity contribution in [3.05, 3.63) is 52.2 Å². The van der Waals surface area contributed by atoms with Crippen molar-refractivity contribution in [3.8, 4) is 0 Å². The SMILES string of the molecule is CC(c1cccs1)N(C)S(=O)(=O)c1ccc(CCO)cc1. The van der Waals surface area contributed by atoms with Gasteiger partial charge in [0.2, 0.25) is 10.0 Å². The minimum Gasteiger partial charge on any atom is -0.396 e. The van der Waals surface area contributed by atoms with Crippen LogP contribution in [0.1, 0.15) is 23.4 Å². The number of hydrogen-bond acceptors (Lipinski definition) is 4. The Morgan fingerprint density at radius 3 is 2.43 bits per heavy atom. The molecular formula is C15H19NO3S2. The van der Waals surface area contributed by atoms with Gasteiger partial charge >= 0.3 is 0 Å². The Hall–Kier alpha value is -1.21. The molecule has 1 aromatic heterocycles. The molecule has 6 heteroatoms. The van der Waals surface area contributed by atoms with Gasteiger partial charge < -0.3 is 5.11 Å². The van der Waals surface area contributed by atoms with Gasteiger partial charge in [-0.2, -0.15) is 4.31 Å². The van der Waals surface area contributed by atoms with Gasteiger partial charge in [-0.3, -0.25) is 0 Å². The van der Waals surface area contributed by atoms with Crippen molar-refractivity contribution in [2.45, 2.75) is 24.3 Å². The van der Waals surface area contributed by atoms with Crippen molar-refractivity contribution in [2.75, 3.05) is 13.7 Å². The van der Waals surface area contributed by atoms with Gasteiger partial charge in [-0.25, -0.2) is 8.42 Å². The third-order valence-corrected chi connectivity index (χ3v) is 6.49. The molecule has 1 N–H and O–H groups in total. The Kier molecular flexibility index (Phi) is 5.16. The molecule has 0 aliphatic rings. The molecule has 1 aromatic carbocycles. The molecule has 4 nitrogen and oxygen atoms in total. The number of rotatable bonds is 6. The average molecular weight is 325 g/mol. The lowest BCUT2D eigenvalue weighted by Crippen LogP contribution is -2.29. The zero-order valence-corrected chi connectivity index (χ0v) is 13.7. The lowest BCUT2D eigenvalue weighted by atomic mass is 10.2. The van der Waals surface area contributed by atoms with Crippen LogP contribution in [0.3, 0.4) is 0 Å². The Morgan fingerprint density at radius 1 is 1.24 bits per heavy atom. The Balaban J connectivity index is 2.24. The predicted molar refractivity (Wildman–Crippen MR) is 84.9 cm³/mol. The summed E-state index contributed by atoms with van der Waals surface area (Å²) in [7, 11) is -1.92. The second-order valence-electron chi connectivity index (χ2n) is 4.83. The number of nitrogens with zero attached hydrogens (tertiary/aromatic N) is 1. The summed E-state index contributed by atoms with van der Waals surface area (Å²) < 4.78 is 26.6. The van der Waals surface area contributed by atoms with Crippen LogP contribution >= 0.6 is 11.3 Å². The molecule has 0 radical (unpaired) electrons. The third-order valence-electron chi connectivity index (χ3n) is 3.50. The molecule has 0 saturated carbocycles. The van der Waals surface area contributed by atoms with Gasteiger partial charge in [0.05, 0.1) is 10.9 Å². The lowest BCUT2D eigenvalue weighted by Gasteiger charge is -2.23. The predicted octanol–water partition coefficient (Wildman–Crippen LogP) is 2.66. The van der Waals surface area contributed by atoms with Gasteiger partial charge in [0, 0.05) is 18.5 Å². The molecule has 0 aliphatic carbocycles. The fourth-order valence-electron chi connectivity index (χ4n) is 2.04. The summed E-state index contributed by atoms with van der Waals surface area (Å²) in [5, 5.41) is 10.8. The second-order valence-corrected chi connectivity index (χ2v) is 7.81. The van der Waals surface area contributed by atoms with Crippen LogP contribution in [-0.4, -0.2) is 31.5 Å². The second kappa shape index (κ2) is 6.70. The zero-order valence-electron chi connectivity index (χ0n) is 12.1. The van der Waals surface area contributed by atoms with Gasteiger partial charge in [0.25, 0.3) is 0 Å². The summed E-state index contributed by atoms with van der Waals surface area (Å²) in [4.78, 5) is 1.29. The van der Waals surface area contributed by atoms with E-state index in [4.69, 9.17) is 5.11 Å². The standard InChI is InChI=1S/C15H19NO3S2/c1-12(15-4-3-11-20-15)16(2)21(18,19)14-7-5-13(6-8-14)9-10-17/h3-8,11-12,17H,9-10H2,1-2H3. The van der Waals surface area contributed by atoms with Gasteiger partial charge in [-0.1, -0.05) is 18.2 Å². The fourth-order valence-corrected chi connectivity index (χ4v) is 4.28. The summed E-state index contributed by atoms with van der Waals surface area (Å²) >= 11 is 1.55. The topological polar surface area (TPSA) is 57.6 Å². The summed E-state index contributed by atoms with van der Waals surface area (Å²) in [6, 6.07) is 10.3. The minimum atomic E-state index is -3.52. The van der Waals surface area contributed by atoms with Crippen LogP contribution < -0.4 is 0 Å². The maximum Gasteiger partial charge on any atom is 0.243 e. The van der Waals surface area contributed by atoms with E-state index in [9.17, 15) is 8.42 Å². The van der Waals surface area contributed by atoms with Crippen LogP contribution in [0.4, 0.5) is 0 Å². The lowest BCUT2D eigenvalue weighted by molar-refractivity contribution is 0.299. The fraction of sp³-hybridized carbons (Fsp3) is 0.333. The molecule has 2 rings (SSSR count). The van der Waals surface area contributed by atoms with E-state index in [1.165, 1.54) is 4.31 Å². The van der Waals surface area contributed by atoms with Crippen LogP contribution in [0, 0.1) is 0 Å². The molecule has 1 atom stereocenters. The number of aliphatic hydroxyl groups excluding tert-OH is 1. The Morgan fingerprint density at radius 2 is 1.90 bits per heavy atom. The molecule has 2 aromatic rings. The van der Waals surface area contributed by atoms with Crippen LogP contribution in [-0.2, 0) is 16.4 Å². The Labute approximate surface area is 129 Å². The third kappa shape index (κ3) is 3.52. The highest BCUT2D eigenvalue weighted by Gasteiger charge is 2.26. The molecule has 21 heavy (non-hydrogen) atoms. The van der Waals surface area contributed by atoms with Crippen molar-refractivity contribution in [2.24, 2.45) is 0 Å². The molecule has 0 spiro atoms. The molecule has 0 amide bonds. The van der Waals surface area contributed by atoms with Crippen LogP contribution in [0.5, 0.6) is 0 Å². The number of thiophene rings is 1. The molecule has 1 unspecified atom stereocenters. The highest BCUT2D eigenvalue weighted by molar-refractivity contribution is 7.89. The number of benzene rings is 1. The summed E-state index contributed by atoms with van der Waals surface area (Å²) in [6.45, 7) is 1.94. The summed E-state index contributed by atoms with van der Waals surface area (Å²) in [6.07, 6.45) is 0.530. The van der Waals surface area contributed by atoms with Gasteiger partial charge in [-0.15, -0.1) is 11.3 Å². The molecular weight excluding hydrogens is 306 g/mol. The highest BCUT2D eigenvalue weighted by atomic mass is 32.2. The molecule has 114 valence electrons. The Bertz CT molecular complexity index is 663. The van der Waals surface area contributed by atoms with Gasteiger partial charge in [0.1, 0.15) is 0 Å². The van der Waals surface area contributed by atoms with E-state index in [-0.39, 0.29) is 17.5 Å². The van der Waals surface area contributed by atoms with Crippen molar-refractivity contribution in [3.63, 3.8) is 0 Å². The van der Waals surface area contributed by atoms with Gasteiger partial charge in [0.15, 0.2) is 0 Å². The maximum absolute atomic E-state index is 12.6. The van der Waals surface area contributed by atoms with E-state index in [0.29, 0.717) is 6.42 Å². The van der Waals surface area contributed by atoms with E-state index < -0.39 is 10.0 Å². The normalized spacial score (nSPS) is 13.5. The monoisotopic (exact) mass is 325 g/mol. The number of hydrogen-bond donors (Lipinski definition) is 1. The van der Waals surface area contributed by atoms with Crippen molar-refractivity contribution in [1.29, 1.82) is 0 Å². The molecule has 0 aliphatic heterocycles. The van der Waals surface area contributed by atoms with Crippen LogP contribution in [0.15, 0.2) is 46.7 Å². The van der Waals surface area contributed by atoms with E-state index >= 15 is 0 Å². The molecule has 0 fully saturated rings. The first-order chi connectivity index (χ1) is 9.96. The van der Waals surface area contributed by atoms with Crippen LogP contribution in [0.2, 0.25) is 0 Å². The smallest absolute Gasteiger partial charge is 0.243 e. The number of aliphatic hydroxyl groups is 1. The summed E-state index contributed by atoms with van der Waals surface area (Å²) in [5.74, 6) is 0. The van der Waals surface area contributed by atoms with E-state index in [1.54, 1.807) is 42.6 Å². The molecule has 0 bridgehead atoms. The van der Waals surface area contributed by atoms with Crippen molar-refractivity contribution < 1.29 is 13.5 Å². The first-order valence-electron chi connectivity index (χ1n) is 6.68. The van der Waals surface area contributed by atoms with E-state index in [0.717, 1.165) is 10.4 Å². The summed E-state index contributed by atoms with van der Waals surface area (Å²) in [5.41, 5.74) is 0.922. The van der Waals surface area contributed by atoms with E-state index in [1.807, 2.05) is 24.4 Å². The first kappa shape index (κ1) is 16.2. The van der Waals surface area contributed by atoms with E-state index in [2.05, 4.69) is 0 Å². The molecule has 0 saturated heterocycles. The minimum absolute atomic E-state index is 0.0570. The largest absolute Gasteiger partial charge is 0.396 e. The number of sulfonamides is 1.